The Morgan fingerprint density at radius 1 is 1.19 bits per heavy atom. The Labute approximate surface area is 161 Å². The van der Waals surface area contributed by atoms with Crippen LogP contribution in [0.5, 0.6) is 0 Å². The van der Waals surface area contributed by atoms with Crippen LogP contribution in [-0.4, -0.2) is 24.2 Å². The molecule has 4 heteroatoms. The summed E-state index contributed by atoms with van der Waals surface area (Å²) in [6.45, 7) is 6.23. The Morgan fingerprint density at radius 2 is 1.96 bits per heavy atom. The van der Waals surface area contributed by atoms with Crippen LogP contribution in [0.15, 0.2) is 53.8 Å². The predicted molar refractivity (Wildman–Crippen MR) is 115 cm³/mol. The van der Waals surface area contributed by atoms with Gasteiger partial charge in [-0.1, -0.05) is 26.0 Å². The summed E-state index contributed by atoms with van der Waals surface area (Å²) in [7, 11) is 1.74. The zero-order valence-corrected chi connectivity index (χ0v) is 16.5. The van der Waals surface area contributed by atoms with E-state index in [1.54, 1.807) is 31.7 Å². The SMILES string of the molecule is C/C=C(\C=N/C)c1ccncc1/C=C/C(=O)Nc1ccc(CC)c(CC)c1. The van der Waals surface area contributed by atoms with Gasteiger partial charge < -0.3 is 5.32 Å². The van der Waals surface area contributed by atoms with Crippen LogP contribution in [0.2, 0.25) is 0 Å². The first-order valence-corrected chi connectivity index (χ1v) is 9.26. The van der Waals surface area contributed by atoms with E-state index in [9.17, 15) is 4.79 Å². The lowest BCUT2D eigenvalue weighted by Gasteiger charge is -2.09. The monoisotopic (exact) mass is 361 g/mol. The molecule has 1 aromatic heterocycles. The van der Waals surface area contributed by atoms with Crippen LogP contribution >= 0.6 is 0 Å². The Hall–Kier alpha value is -3.01. The van der Waals surface area contributed by atoms with E-state index in [4.69, 9.17) is 0 Å². The van der Waals surface area contributed by atoms with Gasteiger partial charge >= 0.3 is 0 Å². The summed E-state index contributed by atoms with van der Waals surface area (Å²) < 4.78 is 0. The van der Waals surface area contributed by atoms with E-state index >= 15 is 0 Å². The first kappa shape index (κ1) is 20.3. The summed E-state index contributed by atoms with van der Waals surface area (Å²) in [6.07, 6.45) is 12.5. The molecule has 4 nitrogen and oxygen atoms in total. The van der Waals surface area contributed by atoms with Crippen molar-refractivity contribution in [2.45, 2.75) is 33.6 Å². The van der Waals surface area contributed by atoms with Crippen molar-refractivity contribution >= 4 is 29.5 Å². The molecule has 1 N–H and O–H groups in total. The highest BCUT2D eigenvalue weighted by molar-refractivity contribution is 6.11. The highest BCUT2D eigenvalue weighted by Crippen LogP contribution is 2.19. The number of carbonyl (C=O) groups is 1. The molecular formula is C23H27N3O. The van der Waals surface area contributed by atoms with Crippen molar-refractivity contribution in [2.75, 3.05) is 12.4 Å². The van der Waals surface area contributed by atoms with Crippen LogP contribution in [0.1, 0.15) is 43.0 Å². The largest absolute Gasteiger partial charge is 0.323 e. The van der Waals surface area contributed by atoms with Crippen LogP contribution in [0.25, 0.3) is 11.6 Å². The van der Waals surface area contributed by atoms with Gasteiger partial charge in [0.2, 0.25) is 5.91 Å². The highest BCUT2D eigenvalue weighted by atomic mass is 16.1. The summed E-state index contributed by atoms with van der Waals surface area (Å²) in [4.78, 5) is 20.6. The smallest absolute Gasteiger partial charge is 0.248 e. The van der Waals surface area contributed by atoms with E-state index in [1.807, 2.05) is 25.1 Å². The van der Waals surface area contributed by atoms with Crippen molar-refractivity contribution in [2.24, 2.45) is 4.99 Å². The fraction of sp³-hybridized carbons (Fsp3) is 0.261. The first-order chi connectivity index (χ1) is 13.1. The number of amides is 1. The summed E-state index contributed by atoms with van der Waals surface area (Å²) in [5, 5.41) is 2.94. The maximum Gasteiger partial charge on any atom is 0.248 e. The number of aromatic nitrogens is 1. The Kier molecular flexibility index (Phi) is 7.68. The molecule has 0 fully saturated rings. The zero-order valence-electron chi connectivity index (χ0n) is 16.5. The molecule has 0 radical (unpaired) electrons. The number of carbonyl (C=O) groups excluding carboxylic acids is 1. The molecule has 1 aromatic carbocycles. The van der Waals surface area contributed by atoms with Gasteiger partial charge in [-0.25, -0.2) is 0 Å². The maximum absolute atomic E-state index is 12.4. The van der Waals surface area contributed by atoms with Crippen LogP contribution in [0.4, 0.5) is 5.69 Å². The fourth-order valence-corrected chi connectivity index (χ4v) is 2.97. The van der Waals surface area contributed by atoms with Crippen molar-refractivity contribution < 1.29 is 4.79 Å². The van der Waals surface area contributed by atoms with Gasteiger partial charge in [0.25, 0.3) is 0 Å². The minimum Gasteiger partial charge on any atom is -0.323 e. The average Bonchev–Trinajstić information content (AvgIpc) is 2.70. The van der Waals surface area contributed by atoms with Gasteiger partial charge in [-0.05, 0) is 66.3 Å². The lowest BCUT2D eigenvalue weighted by molar-refractivity contribution is -0.111. The number of allylic oxidation sites excluding steroid dienone is 2. The Bertz CT molecular complexity index is 879. The number of pyridine rings is 1. The zero-order chi connectivity index (χ0) is 19.6. The molecule has 1 amide bonds. The van der Waals surface area contributed by atoms with Gasteiger partial charge in [-0.2, -0.15) is 0 Å². The standard InChI is InChI=1S/C23H27N3O/c1-5-17-8-10-21(14-18(17)6-2)26-23(27)11-9-20-16-25-13-12-22(20)19(7-3)15-24-4/h7-16H,5-6H2,1-4H3,(H,26,27)/b11-9+,19-7+,24-15-. The molecule has 27 heavy (non-hydrogen) atoms. The van der Waals surface area contributed by atoms with Crippen LogP contribution in [0, 0.1) is 0 Å². The van der Waals surface area contributed by atoms with Gasteiger partial charge in [-0.15, -0.1) is 0 Å². The quantitative estimate of drug-likeness (QED) is 0.559. The number of aryl methyl sites for hydroxylation is 2. The van der Waals surface area contributed by atoms with Crippen molar-refractivity contribution in [3.63, 3.8) is 0 Å². The van der Waals surface area contributed by atoms with Crippen molar-refractivity contribution in [3.8, 4) is 0 Å². The van der Waals surface area contributed by atoms with Crippen LogP contribution in [-0.2, 0) is 17.6 Å². The molecule has 0 saturated heterocycles. The molecule has 0 aliphatic carbocycles. The van der Waals surface area contributed by atoms with Gasteiger partial charge in [0.15, 0.2) is 0 Å². The minimum atomic E-state index is -0.165. The second-order valence-corrected chi connectivity index (χ2v) is 6.11. The molecule has 2 aromatic rings. The van der Waals surface area contributed by atoms with Crippen LogP contribution < -0.4 is 5.32 Å². The summed E-state index contributed by atoms with van der Waals surface area (Å²) in [5.41, 5.74) is 6.26. The van der Waals surface area contributed by atoms with E-state index in [2.05, 4.69) is 41.3 Å². The lowest BCUT2D eigenvalue weighted by atomic mass is 10.0. The van der Waals surface area contributed by atoms with Crippen LogP contribution in [0.3, 0.4) is 0 Å². The van der Waals surface area contributed by atoms with E-state index in [0.29, 0.717) is 0 Å². The number of rotatable bonds is 7. The third-order valence-corrected chi connectivity index (χ3v) is 4.39. The van der Waals surface area contributed by atoms with E-state index in [0.717, 1.165) is 35.2 Å². The molecule has 140 valence electrons. The second-order valence-electron chi connectivity index (χ2n) is 6.11. The van der Waals surface area contributed by atoms with Gasteiger partial charge in [0.1, 0.15) is 0 Å². The molecule has 1 heterocycles. The Balaban J connectivity index is 2.18. The maximum atomic E-state index is 12.4. The highest BCUT2D eigenvalue weighted by Gasteiger charge is 2.06. The molecule has 0 atom stereocenters. The van der Waals surface area contributed by atoms with E-state index < -0.39 is 0 Å². The predicted octanol–water partition coefficient (Wildman–Crippen LogP) is 4.96. The van der Waals surface area contributed by atoms with Gasteiger partial charge in [0, 0.05) is 43.0 Å². The number of aliphatic imine (C=N–C) groups is 1. The number of anilines is 1. The normalized spacial score (nSPS) is 12.1. The molecule has 0 unspecified atom stereocenters. The molecule has 0 aliphatic rings. The topological polar surface area (TPSA) is 54.4 Å². The summed E-state index contributed by atoms with van der Waals surface area (Å²) in [5.74, 6) is -0.165. The molecule has 0 spiro atoms. The lowest BCUT2D eigenvalue weighted by Crippen LogP contribution is -2.08. The van der Waals surface area contributed by atoms with E-state index in [-0.39, 0.29) is 5.91 Å². The van der Waals surface area contributed by atoms with Crippen molar-refractivity contribution in [1.82, 2.24) is 4.98 Å². The fourth-order valence-electron chi connectivity index (χ4n) is 2.97. The summed E-state index contributed by atoms with van der Waals surface area (Å²) in [6, 6.07) is 8.01. The molecule has 0 aliphatic heterocycles. The number of hydrogen-bond donors (Lipinski definition) is 1. The number of nitrogens with zero attached hydrogens (tertiary/aromatic N) is 2. The average molecular weight is 361 g/mol. The van der Waals surface area contributed by atoms with E-state index in [1.165, 1.54) is 17.2 Å². The van der Waals surface area contributed by atoms with Gasteiger partial charge in [0.05, 0.1) is 0 Å². The number of nitrogens with one attached hydrogen (secondary N) is 1. The third kappa shape index (κ3) is 5.48. The molecule has 0 saturated carbocycles. The number of hydrogen-bond acceptors (Lipinski definition) is 3. The van der Waals surface area contributed by atoms with Gasteiger partial charge in [-0.3, -0.25) is 14.8 Å². The van der Waals surface area contributed by atoms with Crippen molar-refractivity contribution in [3.05, 3.63) is 71.1 Å². The molecule has 0 bridgehead atoms. The Morgan fingerprint density at radius 3 is 2.63 bits per heavy atom. The van der Waals surface area contributed by atoms with Crippen molar-refractivity contribution in [1.29, 1.82) is 0 Å². The third-order valence-electron chi connectivity index (χ3n) is 4.39. The molecule has 2 rings (SSSR count). The minimum absolute atomic E-state index is 0.165. The molecular weight excluding hydrogens is 334 g/mol. The first-order valence-electron chi connectivity index (χ1n) is 9.26. The number of benzene rings is 1. The second kappa shape index (κ2) is 10.2. The summed E-state index contributed by atoms with van der Waals surface area (Å²) >= 11 is 0.